The van der Waals surface area contributed by atoms with Crippen LogP contribution in [0.25, 0.3) is 11.2 Å². The number of aliphatic hydroxyl groups is 1. The van der Waals surface area contributed by atoms with Gasteiger partial charge in [0.25, 0.3) is 0 Å². The van der Waals surface area contributed by atoms with Gasteiger partial charge in [-0.1, -0.05) is 0 Å². The summed E-state index contributed by atoms with van der Waals surface area (Å²) in [5, 5.41) is 11.5. The number of phosphoric ester groups is 1. The van der Waals surface area contributed by atoms with E-state index in [0.29, 0.717) is 5.82 Å². The van der Waals surface area contributed by atoms with E-state index in [-0.39, 0.29) is 17.0 Å². The van der Waals surface area contributed by atoms with Crippen molar-refractivity contribution in [1.29, 1.82) is 0 Å². The lowest BCUT2D eigenvalue weighted by Crippen LogP contribution is -2.40. The van der Waals surface area contributed by atoms with E-state index >= 15 is 4.39 Å². The normalized spacial score (nSPS) is 28.7. The minimum atomic E-state index is -5.34. The number of hydrogen-bond acceptors (Lipinski definition) is 11. The third kappa shape index (κ3) is 4.93. The summed E-state index contributed by atoms with van der Waals surface area (Å²) in [6.45, 7) is 1.70. The predicted molar refractivity (Wildman–Crippen MR) is 101 cm³/mol. The molecule has 0 aromatic carbocycles. The lowest BCUT2D eigenvalue weighted by Gasteiger charge is -2.24. The van der Waals surface area contributed by atoms with Crippen LogP contribution >= 0.6 is 15.6 Å². The first-order valence-corrected chi connectivity index (χ1v) is 11.6. The number of aliphatic hydroxyl groups excluding tert-OH is 1. The van der Waals surface area contributed by atoms with Crippen molar-refractivity contribution in [3.63, 3.8) is 0 Å². The van der Waals surface area contributed by atoms with Gasteiger partial charge in [0.15, 0.2) is 28.9 Å². The molecule has 18 heteroatoms. The van der Waals surface area contributed by atoms with Crippen molar-refractivity contribution in [3.8, 4) is 0 Å². The molecule has 5 atom stereocenters. The summed E-state index contributed by atoms with van der Waals surface area (Å²) < 4.78 is 52.6. The van der Waals surface area contributed by atoms with E-state index in [0.717, 1.165) is 6.92 Å². The van der Waals surface area contributed by atoms with Crippen LogP contribution in [0.5, 0.6) is 0 Å². The highest BCUT2D eigenvalue weighted by atomic mass is 31.3. The number of aryl methyl sites for hydroxylation is 1. The van der Waals surface area contributed by atoms with Crippen LogP contribution in [-0.2, 0) is 22.7 Å². The summed E-state index contributed by atoms with van der Waals surface area (Å²) in [5.74, 6) is 6.31. The Hall–Kier alpha value is -1.58. The van der Waals surface area contributed by atoms with Gasteiger partial charge in [-0.2, -0.15) is 4.31 Å². The summed E-state index contributed by atoms with van der Waals surface area (Å²) >= 11 is 0. The average Bonchev–Trinajstić information content (AvgIpc) is 3.10. The lowest BCUT2D eigenvalue weighted by molar-refractivity contribution is -0.0560. The molecule has 0 saturated carbocycles. The number of nitrogens with two attached hydrogens (primary N) is 1. The summed E-state index contributed by atoms with van der Waals surface area (Å²) in [6.07, 6.45) is -3.65. The molecule has 0 amide bonds. The molecule has 3 heterocycles. The molecule has 31 heavy (non-hydrogen) atoms. The zero-order chi connectivity index (χ0) is 23.4. The van der Waals surface area contributed by atoms with Crippen molar-refractivity contribution in [1.82, 2.24) is 19.5 Å². The molecule has 2 aromatic rings. The van der Waals surface area contributed by atoms with Gasteiger partial charge in [-0.25, -0.2) is 34.3 Å². The average molecular weight is 486 g/mol. The fraction of sp³-hybridized carbons (Fsp3) is 0.615. The molecule has 1 aliphatic rings. The zero-order valence-corrected chi connectivity index (χ0v) is 18.2. The van der Waals surface area contributed by atoms with Crippen LogP contribution in [0, 0.1) is 6.92 Å². The molecule has 3 rings (SSSR count). The molecule has 0 spiro atoms. The Kier molecular flexibility index (Phi) is 6.27. The van der Waals surface area contributed by atoms with Crippen molar-refractivity contribution in [3.05, 3.63) is 12.2 Å². The third-order valence-corrected chi connectivity index (χ3v) is 6.58. The van der Waals surface area contributed by atoms with Crippen molar-refractivity contribution in [2.24, 2.45) is 5.84 Å². The lowest BCUT2D eigenvalue weighted by atomic mass is 9.98. The SMILES string of the molecule is Cc1nc(N(C)N)c2ncn([C@@H]3O[C@H](COP(=O)(O)OP(=O)(O)O)[C@@H](O)[C@@]3(C)F)c2n1. The smallest absolute Gasteiger partial charge is 0.387 e. The van der Waals surface area contributed by atoms with Gasteiger partial charge in [0.1, 0.15) is 18.0 Å². The van der Waals surface area contributed by atoms with Crippen LogP contribution in [-0.4, -0.2) is 70.8 Å². The Balaban J connectivity index is 1.89. The summed E-state index contributed by atoms with van der Waals surface area (Å²) in [4.78, 5) is 39.2. The molecule has 0 aliphatic carbocycles. The second kappa shape index (κ2) is 8.08. The summed E-state index contributed by atoms with van der Waals surface area (Å²) in [6, 6.07) is 0. The molecule has 1 saturated heterocycles. The van der Waals surface area contributed by atoms with Gasteiger partial charge in [-0.15, -0.1) is 0 Å². The Morgan fingerprint density at radius 3 is 2.61 bits per heavy atom. The molecule has 15 nitrogen and oxygen atoms in total. The number of phosphoric acid groups is 2. The number of fused-ring (bicyclic) bond motifs is 1. The van der Waals surface area contributed by atoms with Crippen LogP contribution in [0.2, 0.25) is 0 Å². The van der Waals surface area contributed by atoms with Gasteiger partial charge in [0, 0.05) is 7.05 Å². The Morgan fingerprint density at radius 1 is 1.39 bits per heavy atom. The maximum absolute atomic E-state index is 15.4. The maximum Gasteiger partial charge on any atom is 0.481 e. The molecule has 1 fully saturated rings. The van der Waals surface area contributed by atoms with Gasteiger partial charge in [0.2, 0.25) is 0 Å². The van der Waals surface area contributed by atoms with Crippen LogP contribution in [0.3, 0.4) is 0 Å². The molecule has 6 N–H and O–H groups in total. The van der Waals surface area contributed by atoms with Gasteiger partial charge in [-0.05, 0) is 13.8 Å². The van der Waals surface area contributed by atoms with Crippen LogP contribution < -0.4 is 10.9 Å². The number of aromatic nitrogens is 4. The Bertz CT molecular complexity index is 1080. The number of nitrogens with zero attached hydrogens (tertiary/aromatic N) is 5. The van der Waals surface area contributed by atoms with E-state index in [1.165, 1.54) is 23.0 Å². The number of imidazole rings is 1. The Morgan fingerprint density at radius 2 is 2.03 bits per heavy atom. The molecule has 174 valence electrons. The van der Waals surface area contributed by atoms with E-state index in [4.69, 9.17) is 20.4 Å². The van der Waals surface area contributed by atoms with Crippen molar-refractivity contribution in [2.75, 3.05) is 18.7 Å². The van der Waals surface area contributed by atoms with Crippen LogP contribution in [0.1, 0.15) is 19.0 Å². The van der Waals surface area contributed by atoms with Crippen LogP contribution in [0.15, 0.2) is 6.33 Å². The number of hydrazine groups is 1. The number of alkyl halides is 1. The highest BCUT2D eigenvalue weighted by Crippen LogP contribution is 2.58. The van der Waals surface area contributed by atoms with E-state index in [1.54, 1.807) is 6.92 Å². The van der Waals surface area contributed by atoms with E-state index in [9.17, 15) is 19.1 Å². The molecular formula is C13H21FN6O9P2. The summed E-state index contributed by atoms with van der Waals surface area (Å²) in [5.41, 5.74) is -2.06. The standard InChI is InChI=1S/C13H21FN6O9P2/c1-6-17-10(19(3)15)8-11(18-6)20(5-16-8)12-13(2,14)9(21)7(28-12)4-27-31(25,26)29-30(22,23)24/h5,7,9,12,21H,4,15H2,1-3H3,(H,25,26)(H2,22,23,24)/t7-,9-,12-,13-/m1/s1. The van der Waals surface area contributed by atoms with Crippen LogP contribution in [0.4, 0.5) is 10.2 Å². The third-order valence-electron chi connectivity index (χ3n) is 4.43. The second-order valence-corrected chi connectivity index (χ2v) is 9.82. The second-order valence-electron chi connectivity index (χ2n) is 6.99. The highest BCUT2D eigenvalue weighted by molar-refractivity contribution is 7.60. The van der Waals surface area contributed by atoms with E-state index in [2.05, 4.69) is 23.8 Å². The maximum atomic E-state index is 15.4. The Labute approximate surface area is 174 Å². The van der Waals surface area contributed by atoms with E-state index < -0.39 is 46.4 Å². The first-order valence-electron chi connectivity index (χ1n) is 8.58. The predicted octanol–water partition coefficient (Wildman–Crippen LogP) is -0.343. The molecule has 0 bridgehead atoms. The van der Waals surface area contributed by atoms with Gasteiger partial charge < -0.3 is 24.5 Å². The van der Waals surface area contributed by atoms with Crippen molar-refractivity contribution >= 4 is 32.6 Å². The monoisotopic (exact) mass is 486 g/mol. The molecule has 0 radical (unpaired) electrons. The fourth-order valence-electron chi connectivity index (χ4n) is 3.10. The number of halogens is 1. The fourth-order valence-corrected chi connectivity index (χ4v) is 4.70. The molecule has 1 unspecified atom stereocenters. The minimum absolute atomic E-state index is 0.153. The molecular weight excluding hydrogens is 465 g/mol. The quantitative estimate of drug-likeness (QED) is 0.192. The van der Waals surface area contributed by atoms with Gasteiger partial charge in [0.05, 0.1) is 12.9 Å². The number of rotatable bonds is 7. The zero-order valence-electron chi connectivity index (χ0n) is 16.4. The first kappa shape index (κ1) is 24.1. The number of ether oxygens (including phenoxy) is 1. The van der Waals surface area contributed by atoms with Gasteiger partial charge in [-0.3, -0.25) is 14.1 Å². The summed E-state index contributed by atoms with van der Waals surface area (Å²) in [7, 11) is -9.03. The first-order chi connectivity index (χ1) is 14.1. The molecule has 1 aliphatic heterocycles. The van der Waals surface area contributed by atoms with Gasteiger partial charge >= 0.3 is 15.6 Å². The number of anilines is 1. The van der Waals surface area contributed by atoms with Crippen molar-refractivity contribution < 1.29 is 46.9 Å². The highest BCUT2D eigenvalue weighted by Gasteiger charge is 2.56. The van der Waals surface area contributed by atoms with E-state index in [1.807, 2.05) is 0 Å². The molecule has 2 aromatic heterocycles. The van der Waals surface area contributed by atoms with Crippen molar-refractivity contribution in [2.45, 2.75) is 38.0 Å². The topological polar surface area (TPSA) is 216 Å². The number of hydrogen-bond donors (Lipinski definition) is 5. The largest absolute Gasteiger partial charge is 0.481 e. The minimum Gasteiger partial charge on any atom is -0.387 e.